The molecule has 0 fully saturated rings. The van der Waals surface area contributed by atoms with Gasteiger partial charge in [0.25, 0.3) is 0 Å². The first-order valence-electron chi connectivity index (χ1n) is 10.4. The average molecular weight is 434 g/mol. The van der Waals surface area contributed by atoms with Crippen molar-refractivity contribution in [2.45, 2.75) is 39.4 Å². The molecule has 1 atom stereocenters. The number of Topliss-reactive ketones (excluding diaryl/α,β-unsaturated/α-hetero) is 1. The lowest BCUT2D eigenvalue weighted by Gasteiger charge is -2.15. The van der Waals surface area contributed by atoms with Gasteiger partial charge in [0.15, 0.2) is 5.78 Å². The third kappa shape index (κ3) is 5.15. The summed E-state index contributed by atoms with van der Waals surface area (Å²) in [7, 11) is 0. The summed E-state index contributed by atoms with van der Waals surface area (Å²) in [6, 6.07) is 16.7. The number of ether oxygens (including phenoxy) is 1. The fourth-order valence-electron chi connectivity index (χ4n) is 3.52. The van der Waals surface area contributed by atoms with E-state index in [9.17, 15) is 19.8 Å². The van der Waals surface area contributed by atoms with E-state index in [4.69, 9.17) is 9.84 Å². The summed E-state index contributed by atoms with van der Waals surface area (Å²) in [6.07, 6.45) is 0.431. The number of hydrogen-bond donors (Lipinski definition) is 3. The molecular weight excluding hydrogens is 408 g/mol. The smallest absolute Gasteiger partial charge is 0.335 e. The van der Waals surface area contributed by atoms with Gasteiger partial charge < -0.3 is 20.1 Å². The number of aliphatic hydroxyl groups is 1. The van der Waals surface area contributed by atoms with Gasteiger partial charge in [-0.15, -0.1) is 0 Å². The Hall–Kier alpha value is -3.64. The average Bonchev–Trinajstić information content (AvgIpc) is 2.79. The highest BCUT2D eigenvalue weighted by Gasteiger charge is 2.16. The summed E-state index contributed by atoms with van der Waals surface area (Å²) in [5.74, 6) is -0.742. The van der Waals surface area contributed by atoms with Crippen LogP contribution >= 0.6 is 0 Å². The van der Waals surface area contributed by atoms with Crippen molar-refractivity contribution >= 4 is 11.8 Å². The van der Waals surface area contributed by atoms with Crippen LogP contribution in [0.25, 0.3) is 0 Å². The summed E-state index contributed by atoms with van der Waals surface area (Å²) in [6.45, 7) is 3.65. The molecule has 6 nitrogen and oxygen atoms in total. The molecule has 0 bridgehead atoms. The van der Waals surface area contributed by atoms with E-state index in [0.29, 0.717) is 28.9 Å². The molecule has 0 aliphatic rings. The molecule has 0 saturated carbocycles. The van der Waals surface area contributed by atoms with Gasteiger partial charge >= 0.3 is 5.97 Å². The third-order valence-electron chi connectivity index (χ3n) is 5.26. The van der Waals surface area contributed by atoms with Gasteiger partial charge in [-0.25, -0.2) is 4.79 Å². The van der Waals surface area contributed by atoms with Gasteiger partial charge in [0.1, 0.15) is 24.2 Å². The number of benzene rings is 3. The minimum atomic E-state index is -1.05. The molecule has 32 heavy (non-hydrogen) atoms. The zero-order valence-electron chi connectivity index (χ0n) is 18.0. The van der Waals surface area contributed by atoms with Gasteiger partial charge in [-0.2, -0.15) is 0 Å². The number of aromatic hydroxyl groups is 1. The molecule has 0 saturated heterocycles. The first-order chi connectivity index (χ1) is 15.3. The van der Waals surface area contributed by atoms with Gasteiger partial charge in [0.2, 0.25) is 0 Å². The van der Waals surface area contributed by atoms with Crippen LogP contribution in [0.5, 0.6) is 11.5 Å². The third-order valence-corrected chi connectivity index (χ3v) is 5.26. The molecule has 3 N–H and O–H groups in total. The number of aromatic carboxylic acids is 1. The molecule has 0 aliphatic carbocycles. The van der Waals surface area contributed by atoms with Crippen molar-refractivity contribution in [1.82, 2.24) is 0 Å². The number of carbonyl (C=O) groups is 2. The molecule has 3 rings (SSSR count). The van der Waals surface area contributed by atoms with Crippen LogP contribution in [-0.4, -0.2) is 27.1 Å². The van der Waals surface area contributed by atoms with E-state index in [1.54, 1.807) is 36.4 Å². The molecule has 0 heterocycles. The second-order valence-electron chi connectivity index (χ2n) is 7.61. The predicted molar refractivity (Wildman–Crippen MR) is 120 cm³/mol. The van der Waals surface area contributed by atoms with Gasteiger partial charge in [-0.1, -0.05) is 49.7 Å². The fraction of sp³-hybridized carbons (Fsp3) is 0.231. The second kappa shape index (κ2) is 10.1. The molecule has 3 aromatic rings. The summed E-state index contributed by atoms with van der Waals surface area (Å²) >= 11 is 0. The van der Waals surface area contributed by atoms with E-state index in [0.717, 1.165) is 12.0 Å². The topological polar surface area (TPSA) is 104 Å². The molecular formula is C26H26O6. The summed E-state index contributed by atoms with van der Waals surface area (Å²) in [4.78, 5) is 22.9. The zero-order chi connectivity index (χ0) is 23.3. The molecule has 0 aliphatic heterocycles. The fourth-order valence-corrected chi connectivity index (χ4v) is 3.52. The SMILES string of the molecule is CCCc1c(OCc2ccc([C@H](O)c3cccc(C(=O)O)c3)cc2)ccc(C(C)=O)c1O. The van der Waals surface area contributed by atoms with Crippen molar-refractivity contribution in [2.24, 2.45) is 0 Å². The van der Waals surface area contributed by atoms with Crippen molar-refractivity contribution in [3.05, 3.63) is 94.0 Å². The highest BCUT2D eigenvalue weighted by molar-refractivity contribution is 5.97. The number of carboxylic acid groups (broad SMARTS) is 1. The van der Waals surface area contributed by atoms with E-state index in [-0.39, 0.29) is 29.3 Å². The minimum Gasteiger partial charge on any atom is -0.507 e. The number of carboxylic acids is 1. The van der Waals surface area contributed by atoms with Crippen molar-refractivity contribution < 1.29 is 29.6 Å². The molecule has 6 heteroatoms. The molecule has 166 valence electrons. The lowest BCUT2D eigenvalue weighted by molar-refractivity contribution is 0.0696. The number of hydrogen-bond acceptors (Lipinski definition) is 5. The zero-order valence-corrected chi connectivity index (χ0v) is 18.0. The summed E-state index contributed by atoms with van der Waals surface area (Å²) in [5.41, 5.74) is 3.01. The van der Waals surface area contributed by atoms with Crippen LogP contribution < -0.4 is 4.74 Å². The quantitative estimate of drug-likeness (QED) is 0.414. The second-order valence-corrected chi connectivity index (χ2v) is 7.61. The number of rotatable bonds is 9. The van der Waals surface area contributed by atoms with E-state index >= 15 is 0 Å². The van der Waals surface area contributed by atoms with Gasteiger partial charge in [0.05, 0.1) is 11.1 Å². The molecule has 0 amide bonds. The van der Waals surface area contributed by atoms with Crippen molar-refractivity contribution in [3.8, 4) is 11.5 Å². The maximum atomic E-state index is 11.7. The van der Waals surface area contributed by atoms with Crippen LogP contribution in [0.2, 0.25) is 0 Å². The van der Waals surface area contributed by atoms with Crippen molar-refractivity contribution in [1.29, 1.82) is 0 Å². The standard InChI is InChI=1S/C26H26O6/c1-3-5-22-23(13-12-21(16(2)27)25(22)29)32-15-17-8-10-18(11-9-17)24(28)19-6-4-7-20(14-19)26(30)31/h4,6-14,24,28-29H,3,5,15H2,1-2H3,(H,30,31)/t24-/m0/s1. The Kier molecular flexibility index (Phi) is 7.28. The minimum absolute atomic E-state index is 0.0288. The Morgan fingerprint density at radius 3 is 2.34 bits per heavy atom. The maximum absolute atomic E-state index is 11.7. The highest BCUT2D eigenvalue weighted by atomic mass is 16.5. The Balaban J connectivity index is 1.74. The first-order valence-corrected chi connectivity index (χ1v) is 10.4. The van der Waals surface area contributed by atoms with E-state index in [1.165, 1.54) is 19.1 Å². The van der Waals surface area contributed by atoms with Crippen LogP contribution in [0.3, 0.4) is 0 Å². The number of aliphatic hydroxyl groups excluding tert-OH is 1. The van der Waals surface area contributed by atoms with Crippen molar-refractivity contribution in [2.75, 3.05) is 0 Å². The Bertz CT molecular complexity index is 1120. The number of phenols is 1. The Morgan fingerprint density at radius 2 is 1.72 bits per heavy atom. The first kappa shape index (κ1) is 23.0. The summed E-state index contributed by atoms with van der Waals surface area (Å²) < 4.78 is 5.92. The van der Waals surface area contributed by atoms with E-state index in [1.807, 2.05) is 19.1 Å². The van der Waals surface area contributed by atoms with Gasteiger partial charge in [-0.3, -0.25) is 4.79 Å². The Morgan fingerprint density at radius 1 is 1.00 bits per heavy atom. The van der Waals surface area contributed by atoms with Crippen LogP contribution in [0.1, 0.15) is 69.3 Å². The predicted octanol–water partition coefficient (Wildman–Crippen LogP) is 4.91. The number of phenolic OH excluding ortho intramolecular Hbond substituents is 1. The highest BCUT2D eigenvalue weighted by Crippen LogP contribution is 2.33. The summed E-state index contributed by atoms with van der Waals surface area (Å²) in [5, 5.41) is 30.2. The number of ketones is 1. The lowest BCUT2D eigenvalue weighted by Crippen LogP contribution is -2.04. The lowest BCUT2D eigenvalue weighted by atomic mass is 9.99. The molecule has 0 unspecified atom stereocenters. The van der Waals surface area contributed by atoms with Crippen molar-refractivity contribution in [3.63, 3.8) is 0 Å². The van der Waals surface area contributed by atoms with E-state index < -0.39 is 12.1 Å². The van der Waals surface area contributed by atoms with Gasteiger partial charge in [-0.05, 0) is 54.3 Å². The molecule has 3 aromatic carbocycles. The van der Waals surface area contributed by atoms with Crippen LogP contribution in [0.4, 0.5) is 0 Å². The normalized spacial score (nSPS) is 11.7. The molecule has 0 radical (unpaired) electrons. The number of carbonyl (C=O) groups excluding carboxylic acids is 1. The van der Waals surface area contributed by atoms with Gasteiger partial charge in [0, 0.05) is 5.56 Å². The maximum Gasteiger partial charge on any atom is 0.335 e. The monoisotopic (exact) mass is 434 g/mol. The van der Waals surface area contributed by atoms with Crippen LogP contribution in [0, 0.1) is 0 Å². The largest absolute Gasteiger partial charge is 0.507 e. The van der Waals surface area contributed by atoms with E-state index in [2.05, 4.69) is 0 Å². The molecule has 0 aromatic heterocycles. The molecule has 0 spiro atoms. The van der Waals surface area contributed by atoms with Crippen LogP contribution in [0.15, 0.2) is 60.7 Å². The Labute approximate surface area is 186 Å². The van der Waals surface area contributed by atoms with Crippen LogP contribution in [-0.2, 0) is 13.0 Å².